The van der Waals surface area contributed by atoms with Gasteiger partial charge in [0.15, 0.2) is 0 Å². The molecule has 11 heteroatoms. The standard InChI is InChI=1S/C10H16N4O6S/c1-6-4-7(9(15)12-3-2-11)13-5-8(6)14(10(13)16)20-21(17,18)19/h4,7-8H,2-3,5,11H2,1H3,(H,12,15)(H,17,18,19)/p-1/t7-,8-/m0/s1. The molecule has 1 fully saturated rings. The van der Waals surface area contributed by atoms with E-state index in [0.717, 1.165) is 4.90 Å². The molecule has 0 radical (unpaired) electrons. The summed E-state index contributed by atoms with van der Waals surface area (Å²) in [4.78, 5) is 25.2. The second kappa shape index (κ2) is 5.60. The molecule has 0 unspecified atom stereocenters. The fourth-order valence-corrected chi connectivity index (χ4v) is 2.67. The summed E-state index contributed by atoms with van der Waals surface area (Å²) in [6.45, 7) is 2.19. The summed E-state index contributed by atoms with van der Waals surface area (Å²) < 4.78 is 36.2. The number of carbonyl (C=O) groups is 2. The fraction of sp³-hybridized carbons (Fsp3) is 0.600. The van der Waals surface area contributed by atoms with Gasteiger partial charge in [-0.2, -0.15) is 9.35 Å². The molecule has 0 aromatic rings. The summed E-state index contributed by atoms with van der Waals surface area (Å²) in [7, 11) is -5.07. The minimum Gasteiger partial charge on any atom is -0.724 e. The van der Waals surface area contributed by atoms with Crippen molar-refractivity contribution in [3.05, 3.63) is 11.6 Å². The summed E-state index contributed by atoms with van der Waals surface area (Å²) >= 11 is 0. The molecule has 2 aliphatic rings. The minimum atomic E-state index is -5.07. The zero-order valence-electron chi connectivity index (χ0n) is 11.2. The summed E-state index contributed by atoms with van der Waals surface area (Å²) in [5.74, 6) is -0.432. The zero-order chi connectivity index (χ0) is 15.8. The van der Waals surface area contributed by atoms with Crippen LogP contribution in [0.3, 0.4) is 0 Å². The molecule has 118 valence electrons. The first-order valence-electron chi connectivity index (χ1n) is 6.16. The van der Waals surface area contributed by atoms with Crippen molar-refractivity contribution >= 4 is 22.3 Å². The Bertz CT molecular complexity index is 588. The molecule has 0 aliphatic carbocycles. The number of nitrogens with two attached hydrogens (primary N) is 1. The number of hydrogen-bond donors (Lipinski definition) is 2. The van der Waals surface area contributed by atoms with Crippen LogP contribution in [0.15, 0.2) is 11.6 Å². The first-order valence-corrected chi connectivity index (χ1v) is 7.49. The third-order valence-electron chi connectivity index (χ3n) is 3.25. The molecule has 2 heterocycles. The number of urea groups is 1. The molecular formula is C10H15N4O6S-. The Kier molecular flexibility index (Phi) is 4.18. The molecule has 1 saturated heterocycles. The quantitative estimate of drug-likeness (QED) is 0.335. The van der Waals surface area contributed by atoms with Gasteiger partial charge < -0.3 is 20.5 Å². The number of carbonyl (C=O) groups excluding carboxylic acids is 2. The Balaban J connectivity index is 2.21. The van der Waals surface area contributed by atoms with Crippen LogP contribution in [0.4, 0.5) is 4.79 Å². The van der Waals surface area contributed by atoms with Gasteiger partial charge in [-0.25, -0.2) is 13.2 Å². The van der Waals surface area contributed by atoms with Crippen molar-refractivity contribution in [2.24, 2.45) is 5.73 Å². The average molecular weight is 319 g/mol. The number of nitrogens with zero attached hydrogens (tertiary/aromatic N) is 2. The Morgan fingerprint density at radius 2 is 2.29 bits per heavy atom. The van der Waals surface area contributed by atoms with Gasteiger partial charge in [-0.05, 0) is 12.5 Å². The highest BCUT2D eigenvalue weighted by atomic mass is 32.3. The number of hydroxylamine groups is 2. The SMILES string of the molecule is CC1=C[C@@H](C(=O)NCCN)N2C[C@@H]1N(OS(=O)(=O)[O-])C2=O. The van der Waals surface area contributed by atoms with E-state index in [-0.39, 0.29) is 19.6 Å². The third-order valence-corrected chi connectivity index (χ3v) is 3.60. The summed E-state index contributed by atoms with van der Waals surface area (Å²) in [5.41, 5.74) is 5.85. The number of amides is 3. The van der Waals surface area contributed by atoms with Gasteiger partial charge in [-0.1, -0.05) is 6.08 Å². The molecule has 0 saturated carbocycles. The summed E-state index contributed by atoms with van der Waals surface area (Å²) in [5, 5.41) is 3.04. The molecule has 21 heavy (non-hydrogen) atoms. The third kappa shape index (κ3) is 3.15. The largest absolute Gasteiger partial charge is 0.724 e. The highest BCUT2D eigenvalue weighted by Gasteiger charge is 2.48. The lowest BCUT2D eigenvalue weighted by Gasteiger charge is -2.27. The van der Waals surface area contributed by atoms with E-state index in [2.05, 4.69) is 9.60 Å². The van der Waals surface area contributed by atoms with Gasteiger partial charge in [-0.3, -0.25) is 4.79 Å². The van der Waals surface area contributed by atoms with E-state index in [1.807, 2.05) is 0 Å². The van der Waals surface area contributed by atoms with Gasteiger partial charge in [0, 0.05) is 13.1 Å². The van der Waals surface area contributed by atoms with E-state index in [4.69, 9.17) is 5.73 Å². The smallest absolute Gasteiger partial charge is 0.346 e. The van der Waals surface area contributed by atoms with E-state index >= 15 is 0 Å². The molecule has 10 nitrogen and oxygen atoms in total. The Morgan fingerprint density at radius 3 is 2.86 bits per heavy atom. The lowest BCUT2D eigenvalue weighted by Crippen LogP contribution is -2.49. The molecule has 2 rings (SSSR count). The predicted octanol–water partition coefficient (Wildman–Crippen LogP) is -2.11. The molecule has 2 atom stereocenters. The van der Waals surface area contributed by atoms with Gasteiger partial charge >= 0.3 is 6.03 Å². The maximum Gasteiger partial charge on any atom is 0.346 e. The molecule has 0 aromatic heterocycles. The van der Waals surface area contributed by atoms with Gasteiger partial charge in [0.1, 0.15) is 12.1 Å². The van der Waals surface area contributed by atoms with Crippen LogP contribution < -0.4 is 11.1 Å². The normalized spacial score (nSPS) is 25.1. The maximum absolute atomic E-state index is 12.1. The number of hydrogen-bond acceptors (Lipinski definition) is 7. The molecule has 2 aliphatic heterocycles. The molecule has 3 amide bonds. The van der Waals surface area contributed by atoms with E-state index in [1.165, 1.54) is 6.08 Å². The zero-order valence-corrected chi connectivity index (χ0v) is 12.0. The van der Waals surface area contributed by atoms with Crippen molar-refractivity contribution in [1.29, 1.82) is 0 Å². The van der Waals surface area contributed by atoms with Crippen LogP contribution in [0.25, 0.3) is 0 Å². The number of nitrogens with one attached hydrogen (secondary N) is 1. The van der Waals surface area contributed by atoms with Gasteiger partial charge in [0.2, 0.25) is 16.3 Å². The van der Waals surface area contributed by atoms with Crippen LogP contribution in [-0.2, 0) is 19.5 Å². The van der Waals surface area contributed by atoms with Crippen molar-refractivity contribution in [3.63, 3.8) is 0 Å². The van der Waals surface area contributed by atoms with Crippen molar-refractivity contribution in [2.45, 2.75) is 19.0 Å². The first kappa shape index (κ1) is 15.7. The molecule has 0 spiro atoms. The van der Waals surface area contributed by atoms with Crippen LogP contribution in [0.5, 0.6) is 0 Å². The van der Waals surface area contributed by atoms with Crippen molar-refractivity contribution in [1.82, 2.24) is 15.3 Å². The maximum atomic E-state index is 12.1. The van der Waals surface area contributed by atoms with E-state index in [1.54, 1.807) is 6.92 Å². The monoisotopic (exact) mass is 319 g/mol. The van der Waals surface area contributed by atoms with Gasteiger partial charge in [0.25, 0.3) is 0 Å². The molecule has 0 aromatic carbocycles. The Morgan fingerprint density at radius 1 is 1.62 bits per heavy atom. The summed E-state index contributed by atoms with van der Waals surface area (Å²) in [6.07, 6.45) is 1.53. The Hall–Kier alpha value is -1.69. The highest BCUT2D eigenvalue weighted by molar-refractivity contribution is 7.80. The molecule has 3 N–H and O–H groups in total. The van der Waals surface area contributed by atoms with E-state index in [0.29, 0.717) is 10.6 Å². The lowest BCUT2D eigenvalue weighted by atomic mass is 10.0. The van der Waals surface area contributed by atoms with Crippen LogP contribution in [-0.4, -0.2) is 66.6 Å². The number of fused-ring (bicyclic) bond motifs is 2. The van der Waals surface area contributed by atoms with E-state index in [9.17, 15) is 22.6 Å². The average Bonchev–Trinajstić information content (AvgIpc) is 2.65. The van der Waals surface area contributed by atoms with Gasteiger partial charge in [0.05, 0.1) is 6.54 Å². The van der Waals surface area contributed by atoms with Crippen LogP contribution >= 0.6 is 0 Å². The topological polar surface area (TPSA) is 145 Å². The minimum absolute atomic E-state index is 0.0669. The van der Waals surface area contributed by atoms with E-state index < -0.39 is 34.4 Å². The van der Waals surface area contributed by atoms with Gasteiger partial charge in [-0.15, -0.1) is 0 Å². The van der Waals surface area contributed by atoms with Crippen LogP contribution in [0.1, 0.15) is 6.92 Å². The fourth-order valence-electron chi connectivity index (χ4n) is 2.31. The van der Waals surface area contributed by atoms with Crippen molar-refractivity contribution in [2.75, 3.05) is 19.6 Å². The van der Waals surface area contributed by atoms with Crippen LogP contribution in [0.2, 0.25) is 0 Å². The van der Waals surface area contributed by atoms with Crippen molar-refractivity contribution < 1.29 is 26.8 Å². The number of rotatable bonds is 5. The molecule has 2 bridgehead atoms. The van der Waals surface area contributed by atoms with Crippen LogP contribution in [0, 0.1) is 0 Å². The Labute approximate surface area is 121 Å². The first-order chi connectivity index (χ1) is 9.74. The summed E-state index contributed by atoms with van der Waals surface area (Å²) in [6, 6.07) is -2.44. The highest BCUT2D eigenvalue weighted by Crippen LogP contribution is 2.30. The lowest BCUT2D eigenvalue weighted by molar-refractivity contribution is -0.123. The molecular weight excluding hydrogens is 304 g/mol. The van der Waals surface area contributed by atoms with Crippen molar-refractivity contribution in [3.8, 4) is 0 Å². The second-order valence-electron chi connectivity index (χ2n) is 4.69. The predicted molar refractivity (Wildman–Crippen MR) is 68.1 cm³/mol. The second-order valence-corrected chi connectivity index (χ2v) is 5.66.